The van der Waals surface area contributed by atoms with Crippen molar-refractivity contribution in [1.29, 1.82) is 0 Å². The van der Waals surface area contributed by atoms with Gasteiger partial charge in [0.2, 0.25) is 5.91 Å². The van der Waals surface area contributed by atoms with Crippen LogP contribution in [0.2, 0.25) is 0 Å². The van der Waals surface area contributed by atoms with Crippen LogP contribution in [0.3, 0.4) is 0 Å². The number of hydrogen-bond acceptors (Lipinski definition) is 6. The van der Waals surface area contributed by atoms with Crippen molar-refractivity contribution in [2.45, 2.75) is 32.3 Å². The average Bonchev–Trinajstić information content (AvgIpc) is 3.03. The van der Waals surface area contributed by atoms with Crippen LogP contribution in [-0.2, 0) is 4.79 Å². The number of aromatic nitrogens is 4. The Bertz CT molecular complexity index is 966. The van der Waals surface area contributed by atoms with Crippen LogP contribution in [0.5, 0.6) is 0 Å². The summed E-state index contributed by atoms with van der Waals surface area (Å²) in [7, 11) is 0. The number of anilines is 1. The second-order valence-electron chi connectivity index (χ2n) is 5.85. The molecule has 0 saturated heterocycles. The van der Waals surface area contributed by atoms with Gasteiger partial charge >= 0.3 is 0 Å². The van der Waals surface area contributed by atoms with Gasteiger partial charge in [-0.15, -0.1) is 10.2 Å². The highest BCUT2D eigenvalue weighted by molar-refractivity contribution is 7.99. The van der Waals surface area contributed by atoms with Crippen molar-refractivity contribution < 1.29 is 9.59 Å². The van der Waals surface area contributed by atoms with E-state index < -0.39 is 0 Å². The molecule has 0 bridgehead atoms. The Labute approximate surface area is 155 Å². The molecule has 0 fully saturated rings. The number of nitrogens with zero attached hydrogens (tertiary/aromatic N) is 4. The number of carbonyl (C=O) groups is 2. The zero-order valence-electron chi connectivity index (χ0n) is 14.8. The Morgan fingerprint density at radius 1 is 1.15 bits per heavy atom. The normalized spacial score (nSPS) is 10.9. The first-order valence-corrected chi connectivity index (χ1v) is 9.21. The van der Waals surface area contributed by atoms with Gasteiger partial charge in [-0.3, -0.25) is 14.0 Å². The Morgan fingerprint density at radius 3 is 2.58 bits per heavy atom. The molecule has 134 valence electrons. The van der Waals surface area contributed by atoms with Crippen LogP contribution in [0.15, 0.2) is 35.5 Å². The summed E-state index contributed by atoms with van der Waals surface area (Å²) in [6, 6.07) is 8.84. The molecule has 3 aromatic rings. The van der Waals surface area contributed by atoms with E-state index in [1.165, 1.54) is 11.8 Å². The van der Waals surface area contributed by atoms with E-state index in [1.54, 1.807) is 31.2 Å². The van der Waals surface area contributed by atoms with Gasteiger partial charge in [-0.05, 0) is 44.2 Å². The molecule has 8 heteroatoms. The average molecular weight is 369 g/mol. The molecule has 0 aliphatic heterocycles. The van der Waals surface area contributed by atoms with Crippen molar-refractivity contribution in [2.24, 2.45) is 0 Å². The minimum absolute atomic E-state index is 0.0159. The molecule has 1 amide bonds. The van der Waals surface area contributed by atoms with E-state index in [9.17, 15) is 9.59 Å². The lowest BCUT2D eigenvalue weighted by Gasteiger charge is -2.06. The van der Waals surface area contributed by atoms with Gasteiger partial charge in [0.25, 0.3) is 5.78 Å². The summed E-state index contributed by atoms with van der Waals surface area (Å²) < 4.78 is 1.84. The first-order chi connectivity index (χ1) is 12.5. The second-order valence-corrected chi connectivity index (χ2v) is 6.79. The van der Waals surface area contributed by atoms with E-state index in [0.717, 1.165) is 11.4 Å². The summed E-state index contributed by atoms with van der Waals surface area (Å²) in [6.45, 7) is 5.65. The highest BCUT2D eigenvalue weighted by Gasteiger charge is 2.13. The molecule has 0 spiro atoms. The maximum atomic E-state index is 12.4. The summed E-state index contributed by atoms with van der Waals surface area (Å²) in [5.41, 5.74) is 3.13. The molecule has 0 atom stereocenters. The van der Waals surface area contributed by atoms with Crippen molar-refractivity contribution in [1.82, 2.24) is 19.6 Å². The number of carbonyl (C=O) groups excluding carboxylic acids is 2. The van der Waals surface area contributed by atoms with Gasteiger partial charge in [-0.2, -0.15) is 0 Å². The number of rotatable bonds is 6. The van der Waals surface area contributed by atoms with E-state index in [2.05, 4.69) is 20.5 Å². The van der Waals surface area contributed by atoms with Crippen LogP contribution >= 0.6 is 11.8 Å². The van der Waals surface area contributed by atoms with E-state index in [4.69, 9.17) is 0 Å². The summed E-state index contributed by atoms with van der Waals surface area (Å²) in [6.07, 6.45) is 0.414. The van der Waals surface area contributed by atoms with Gasteiger partial charge < -0.3 is 5.32 Å². The van der Waals surface area contributed by atoms with Crippen LogP contribution in [0.4, 0.5) is 5.69 Å². The first-order valence-electron chi connectivity index (χ1n) is 8.23. The third kappa shape index (κ3) is 3.91. The van der Waals surface area contributed by atoms with Crippen molar-refractivity contribution in [2.75, 3.05) is 11.1 Å². The SMILES string of the molecule is CCC(=O)Nc1ccc(C(=O)CSc2nnc3nc(C)cc(C)n23)cc1. The van der Waals surface area contributed by atoms with Gasteiger partial charge in [-0.1, -0.05) is 18.7 Å². The fraction of sp³-hybridized carbons (Fsp3) is 0.278. The Morgan fingerprint density at radius 2 is 1.88 bits per heavy atom. The van der Waals surface area contributed by atoms with Crippen LogP contribution in [0.25, 0.3) is 5.78 Å². The number of benzene rings is 1. The van der Waals surface area contributed by atoms with Crippen molar-refractivity contribution in [3.05, 3.63) is 47.3 Å². The Kier molecular flexibility index (Phi) is 5.32. The monoisotopic (exact) mass is 369 g/mol. The molecule has 0 saturated carbocycles. The number of amides is 1. The minimum Gasteiger partial charge on any atom is -0.326 e. The molecular weight excluding hydrogens is 350 g/mol. The van der Waals surface area contributed by atoms with Crippen LogP contribution in [0, 0.1) is 13.8 Å². The molecule has 0 aliphatic carbocycles. The Hall–Kier alpha value is -2.74. The predicted molar refractivity (Wildman–Crippen MR) is 101 cm³/mol. The standard InChI is InChI=1S/C18H19N5O2S/c1-4-16(25)20-14-7-5-13(6-8-14)15(24)10-26-18-22-21-17-19-11(2)9-12(3)23(17)18/h5-9H,4,10H2,1-3H3,(H,20,25). The van der Waals surface area contributed by atoms with Crippen molar-refractivity contribution in [3.63, 3.8) is 0 Å². The van der Waals surface area contributed by atoms with Gasteiger partial charge in [0.1, 0.15) is 0 Å². The number of Topliss-reactive ketones (excluding diaryl/α,β-unsaturated/α-hetero) is 1. The molecule has 0 aliphatic rings. The van der Waals surface area contributed by atoms with Gasteiger partial charge in [-0.25, -0.2) is 4.98 Å². The number of nitrogens with one attached hydrogen (secondary N) is 1. The summed E-state index contributed by atoms with van der Waals surface area (Å²) in [4.78, 5) is 28.2. The molecule has 2 aromatic heterocycles. The summed E-state index contributed by atoms with van der Waals surface area (Å²) in [5, 5.41) is 11.6. The van der Waals surface area contributed by atoms with E-state index in [0.29, 0.717) is 28.6 Å². The van der Waals surface area contributed by atoms with Gasteiger partial charge in [0, 0.05) is 29.1 Å². The lowest BCUT2D eigenvalue weighted by Crippen LogP contribution is -2.10. The van der Waals surface area contributed by atoms with Crippen LogP contribution in [0.1, 0.15) is 35.1 Å². The maximum Gasteiger partial charge on any atom is 0.256 e. The van der Waals surface area contributed by atoms with E-state index in [-0.39, 0.29) is 17.4 Å². The van der Waals surface area contributed by atoms with Gasteiger partial charge in [0.15, 0.2) is 10.9 Å². The van der Waals surface area contributed by atoms with Crippen molar-refractivity contribution >= 4 is 34.9 Å². The molecule has 1 aromatic carbocycles. The summed E-state index contributed by atoms with van der Waals surface area (Å²) >= 11 is 1.33. The molecule has 2 heterocycles. The lowest BCUT2D eigenvalue weighted by atomic mass is 10.1. The number of hydrogen-bond donors (Lipinski definition) is 1. The molecule has 7 nitrogen and oxygen atoms in total. The number of thioether (sulfide) groups is 1. The van der Waals surface area contributed by atoms with Crippen LogP contribution < -0.4 is 5.32 Å². The fourth-order valence-electron chi connectivity index (χ4n) is 2.50. The largest absolute Gasteiger partial charge is 0.326 e. The minimum atomic E-state index is -0.0578. The highest BCUT2D eigenvalue weighted by atomic mass is 32.2. The number of ketones is 1. The molecule has 0 radical (unpaired) electrons. The van der Waals surface area contributed by atoms with Crippen molar-refractivity contribution in [3.8, 4) is 0 Å². The zero-order chi connectivity index (χ0) is 18.7. The quantitative estimate of drug-likeness (QED) is 0.531. The smallest absolute Gasteiger partial charge is 0.256 e. The molecule has 3 rings (SSSR count). The highest BCUT2D eigenvalue weighted by Crippen LogP contribution is 2.20. The summed E-state index contributed by atoms with van der Waals surface area (Å²) in [5.74, 6) is 0.707. The first kappa shape index (κ1) is 18.1. The maximum absolute atomic E-state index is 12.4. The van der Waals surface area contributed by atoms with E-state index in [1.807, 2.05) is 24.3 Å². The van der Waals surface area contributed by atoms with Gasteiger partial charge in [0.05, 0.1) is 5.75 Å². The fourth-order valence-corrected chi connectivity index (χ4v) is 3.38. The third-order valence-electron chi connectivity index (χ3n) is 3.81. The lowest BCUT2D eigenvalue weighted by molar-refractivity contribution is -0.115. The number of aryl methyl sites for hydroxylation is 2. The second kappa shape index (κ2) is 7.65. The van der Waals surface area contributed by atoms with Crippen LogP contribution in [-0.4, -0.2) is 37.0 Å². The third-order valence-corrected chi connectivity index (χ3v) is 4.74. The topological polar surface area (TPSA) is 89.2 Å². The zero-order valence-corrected chi connectivity index (χ0v) is 15.6. The molecular formula is C18H19N5O2S. The molecule has 1 N–H and O–H groups in total. The number of fused-ring (bicyclic) bond motifs is 1. The molecule has 0 unspecified atom stereocenters. The van der Waals surface area contributed by atoms with E-state index >= 15 is 0 Å². The predicted octanol–water partition coefficient (Wildman–Crippen LogP) is 3.06. The Balaban J connectivity index is 1.68. The molecule has 26 heavy (non-hydrogen) atoms.